The van der Waals surface area contributed by atoms with E-state index in [1.54, 1.807) is 23.4 Å². The topological polar surface area (TPSA) is 78.7 Å². The average molecular weight is 483 g/mol. The molecule has 0 aliphatic heterocycles. The second-order valence-corrected chi connectivity index (χ2v) is 9.27. The summed E-state index contributed by atoms with van der Waals surface area (Å²) in [4.78, 5) is 18.2. The number of methoxy groups -OCH3 is 1. The van der Waals surface area contributed by atoms with E-state index in [4.69, 9.17) is 9.72 Å². The fourth-order valence-corrected chi connectivity index (χ4v) is 5.16. The van der Waals surface area contributed by atoms with Crippen molar-refractivity contribution in [2.75, 3.05) is 7.11 Å². The quantitative estimate of drug-likeness (QED) is 0.329. The SMILES string of the molecule is COc1ccccc1Cn1c(=O)c2ccccc2n2c(SCc3cn4cc(C)ccc4n3)nnc12. The number of fused-ring (bicyclic) bond motifs is 4. The third-order valence-corrected chi connectivity index (χ3v) is 6.96. The van der Waals surface area contributed by atoms with Gasteiger partial charge in [0.15, 0.2) is 5.16 Å². The number of pyridine rings is 1. The third kappa shape index (κ3) is 3.74. The highest BCUT2D eigenvalue weighted by Gasteiger charge is 2.18. The Balaban J connectivity index is 1.44. The molecule has 6 rings (SSSR count). The van der Waals surface area contributed by atoms with Gasteiger partial charge in [-0.25, -0.2) is 4.98 Å². The van der Waals surface area contributed by atoms with Gasteiger partial charge in [-0.05, 0) is 36.8 Å². The predicted molar refractivity (Wildman–Crippen MR) is 136 cm³/mol. The van der Waals surface area contributed by atoms with Gasteiger partial charge in [-0.2, -0.15) is 0 Å². The van der Waals surface area contributed by atoms with Gasteiger partial charge in [-0.3, -0.25) is 13.8 Å². The summed E-state index contributed by atoms with van der Waals surface area (Å²) in [6.45, 7) is 2.39. The van der Waals surface area contributed by atoms with Crippen LogP contribution in [-0.2, 0) is 12.3 Å². The molecule has 4 heterocycles. The van der Waals surface area contributed by atoms with Gasteiger partial charge in [0.2, 0.25) is 5.78 Å². The molecular formula is C26H22N6O2S. The van der Waals surface area contributed by atoms with Crippen molar-refractivity contribution in [3.8, 4) is 5.75 Å². The van der Waals surface area contributed by atoms with Crippen LogP contribution in [0.2, 0.25) is 0 Å². The van der Waals surface area contributed by atoms with Gasteiger partial charge < -0.3 is 9.14 Å². The van der Waals surface area contributed by atoms with Crippen molar-refractivity contribution < 1.29 is 4.74 Å². The molecule has 0 aliphatic carbocycles. The largest absolute Gasteiger partial charge is 0.496 e. The van der Waals surface area contributed by atoms with Crippen LogP contribution in [0.4, 0.5) is 0 Å². The van der Waals surface area contributed by atoms with Crippen molar-refractivity contribution in [3.63, 3.8) is 0 Å². The molecule has 0 amide bonds. The Morgan fingerprint density at radius 3 is 2.69 bits per heavy atom. The van der Waals surface area contributed by atoms with Crippen LogP contribution < -0.4 is 10.3 Å². The molecule has 0 unspecified atom stereocenters. The summed E-state index contributed by atoms with van der Waals surface area (Å²) in [5, 5.41) is 10.2. The van der Waals surface area contributed by atoms with Crippen LogP contribution in [0, 0.1) is 6.92 Å². The third-order valence-electron chi connectivity index (χ3n) is 6.00. The Morgan fingerprint density at radius 2 is 1.80 bits per heavy atom. The number of aromatic nitrogens is 6. The molecule has 0 radical (unpaired) electrons. The van der Waals surface area contributed by atoms with Crippen LogP contribution in [0.1, 0.15) is 16.8 Å². The van der Waals surface area contributed by atoms with Crippen molar-refractivity contribution in [2.45, 2.75) is 24.4 Å². The molecule has 0 saturated heterocycles. The van der Waals surface area contributed by atoms with Crippen molar-refractivity contribution in [2.24, 2.45) is 0 Å². The van der Waals surface area contributed by atoms with Crippen LogP contribution in [0.15, 0.2) is 83.0 Å². The minimum atomic E-state index is -0.112. The maximum atomic E-state index is 13.5. The van der Waals surface area contributed by atoms with Crippen molar-refractivity contribution >= 4 is 34.1 Å². The number of imidazole rings is 1. The number of rotatable bonds is 6. The van der Waals surface area contributed by atoms with Gasteiger partial charge in [0.1, 0.15) is 11.4 Å². The van der Waals surface area contributed by atoms with Gasteiger partial charge in [0, 0.05) is 23.7 Å². The summed E-state index contributed by atoms with van der Waals surface area (Å²) in [6.07, 6.45) is 4.10. The highest BCUT2D eigenvalue weighted by molar-refractivity contribution is 7.98. The number of benzene rings is 2. The Kier molecular flexibility index (Phi) is 5.26. The Bertz CT molecular complexity index is 1770. The van der Waals surface area contributed by atoms with E-state index >= 15 is 0 Å². The van der Waals surface area contributed by atoms with Crippen LogP contribution in [0.5, 0.6) is 5.75 Å². The van der Waals surface area contributed by atoms with Crippen molar-refractivity contribution in [1.29, 1.82) is 0 Å². The Morgan fingerprint density at radius 1 is 0.971 bits per heavy atom. The summed E-state index contributed by atoms with van der Waals surface area (Å²) in [5.74, 6) is 1.84. The van der Waals surface area contributed by atoms with Gasteiger partial charge in [0.25, 0.3) is 5.56 Å². The lowest BCUT2D eigenvalue weighted by Gasteiger charge is -2.13. The molecule has 9 heteroatoms. The maximum Gasteiger partial charge on any atom is 0.263 e. The molecular weight excluding hydrogens is 460 g/mol. The molecule has 0 saturated carbocycles. The Labute approximate surface area is 204 Å². The summed E-state index contributed by atoms with van der Waals surface area (Å²) < 4.78 is 11.2. The smallest absolute Gasteiger partial charge is 0.263 e. The first kappa shape index (κ1) is 21.4. The average Bonchev–Trinajstić information content (AvgIpc) is 3.49. The van der Waals surface area contributed by atoms with Crippen molar-refractivity contribution in [1.82, 2.24) is 28.5 Å². The molecule has 4 aromatic heterocycles. The first-order valence-electron chi connectivity index (χ1n) is 11.2. The van der Waals surface area contributed by atoms with E-state index in [1.165, 1.54) is 5.56 Å². The van der Waals surface area contributed by atoms with E-state index in [0.717, 1.165) is 28.2 Å². The molecule has 0 fully saturated rings. The van der Waals surface area contributed by atoms with E-state index in [-0.39, 0.29) is 5.56 Å². The van der Waals surface area contributed by atoms with E-state index in [0.29, 0.717) is 28.6 Å². The van der Waals surface area contributed by atoms with E-state index in [1.807, 2.05) is 69.6 Å². The molecule has 0 atom stereocenters. The lowest BCUT2D eigenvalue weighted by atomic mass is 10.2. The zero-order chi connectivity index (χ0) is 23.9. The number of para-hydroxylation sites is 2. The molecule has 0 bridgehead atoms. The Hall–Kier alpha value is -4.11. The standard InChI is InChI=1S/C26H22N6O2S/c1-17-11-12-23-27-19(15-30(23)13-17)16-35-26-29-28-25-31(14-18-7-3-6-10-22(18)34-2)24(33)20-8-4-5-9-21(20)32(25)26/h3-13,15H,14,16H2,1-2H3. The lowest BCUT2D eigenvalue weighted by molar-refractivity contribution is 0.408. The second-order valence-electron chi connectivity index (χ2n) is 8.33. The van der Waals surface area contributed by atoms with Gasteiger partial charge >= 0.3 is 0 Å². The zero-order valence-electron chi connectivity index (χ0n) is 19.3. The van der Waals surface area contributed by atoms with E-state index in [2.05, 4.69) is 29.4 Å². The normalized spacial score (nSPS) is 11.6. The monoisotopic (exact) mass is 482 g/mol. The number of thioether (sulfide) groups is 1. The van der Waals surface area contributed by atoms with Crippen LogP contribution >= 0.6 is 11.8 Å². The fraction of sp³-hybridized carbons (Fsp3) is 0.154. The summed E-state index contributed by atoms with van der Waals surface area (Å²) >= 11 is 1.55. The summed E-state index contributed by atoms with van der Waals surface area (Å²) in [7, 11) is 1.63. The molecule has 0 spiro atoms. The van der Waals surface area contributed by atoms with Gasteiger partial charge in [-0.15, -0.1) is 10.2 Å². The number of hydrogen-bond donors (Lipinski definition) is 0. The highest BCUT2D eigenvalue weighted by Crippen LogP contribution is 2.26. The van der Waals surface area contributed by atoms with E-state index < -0.39 is 0 Å². The minimum Gasteiger partial charge on any atom is -0.496 e. The van der Waals surface area contributed by atoms with Crippen LogP contribution in [0.25, 0.3) is 22.3 Å². The van der Waals surface area contributed by atoms with Gasteiger partial charge in [-0.1, -0.05) is 48.2 Å². The molecule has 2 aromatic carbocycles. The van der Waals surface area contributed by atoms with Crippen LogP contribution in [-0.4, -0.2) is 35.7 Å². The molecule has 0 aliphatic rings. The molecule has 0 N–H and O–H groups in total. The highest BCUT2D eigenvalue weighted by atomic mass is 32.2. The molecule has 8 nitrogen and oxygen atoms in total. The predicted octanol–water partition coefficient (Wildman–Crippen LogP) is 4.35. The fourth-order valence-electron chi connectivity index (χ4n) is 4.34. The molecule has 6 aromatic rings. The zero-order valence-corrected chi connectivity index (χ0v) is 20.1. The second kappa shape index (κ2) is 8.59. The first-order chi connectivity index (χ1) is 17.1. The van der Waals surface area contributed by atoms with Gasteiger partial charge in [0.05, 0.1) is 30.3 Å². The van der Waals surface area contributed by atoms with E-state index in [9.17, 15) is 4.79 Å². The van der Waals surface area contributed by atoms with Crippen LogP contribution in [0.3, 0.4) is 0 Å². The molecule has 35 heavy (non-hydrogen) atoms. The number of nitrogens with zero attached hydrogens (tertiary/aromatic N) is 6. The number of hydrogen-bond acceptors (Lipinski definition) is 6. The van der Waals surface area contributed by atoms with Crippen molar-refractivity contribution in [3.05, 3.63) is 100 Å². The lowest BCUT2D eigenvalue weighted by Crippen LogP contribution is -2.24. The summed E-state index contributed by atoms with van der Waals surface area (Å²) in [5.41, 5.74) is 4.60. The summed E-state index contributed by atoms with van der Waals surface area (Å²) in [6, 6.07) is 19.3. The maximum absolute atomic E-state index is 13.5. The minimum absolute atomic E-state index is 0.112. The first-order valence-corrected chi connectivity index (χ1v) is 12.2. The number of aryl methyl sites for hydroxylation is 1. The molecule has 174 valence electrons. The number of ether oxygens (including phenoxy) is 1.